The molecule has 8 nitrogen and oxygen atoms in total. The molecule has 1 aromatic carbocycles. The lowest BCUT2D eigenvalue weighted by molar-refractivity contribution is -0.380. The van der Waals surface area contributed by atoms with Crippen molar-refractivity contribution in [3.8, 4) is 0 Å². The molecule has 2 aromatic rings. The molecule has 0 aliphatic heterocycles. The molecule has 1 heterocycles. The van der Waals surface area contributed by atoms with Crippen molar-refractivity contribution in [1.82, 2.24) is 5.32 Å². The lowest BCUT2D eigenvalue weighted by Crippen LogP contribution is -2.35. The number of nitrogens with zero attached hydrogens (tertiary/aromatic N) is 1. The van der Waals surface area contributed by atoms with Gasteiger partial charge in [-0.2, -0.15) is 0 Å². The number of aliphatic hydroxyl groups excluding tert-OH is 2. The summed E-state index contributed by atoms with van der Waals surface area (Å²) in [5.74, 6) is 0. The average Bonchev–Trinajstić information content (AvgIpc) is 3.08. The second-order valence-electron chi connectivity index (χ2n) is 4.89. The van der Waals surface area contributed by atoms with Crippen LogP contribution in [-0.4, -0.2) is 33.9 Å². The van der Waals surface area contributed by atoms with Crippen LogP contribution in [-0.2, 0) is 11.3 Å². The number of hydrogen-bond donors (Lipinski definition) is 3. The maximum atomic E-state index is 11.6. The molecule has 1 amide bonds. The summed E-state index contributed by atoms with van der Waals surface area (Å²) >= 11 is 0.766. The van der Waals surface area contributed by atoms with Gasteiger partial charge < -0.3 is 20.3 Å². The van der Waals surface area contributed by atoms with Gasteiger partial charge in [-0.25, -0.2) is 4.79 Å². The molecule has 0 spiro atoms. The van der Waals surface area contributed by atoms with Crippen LogP contribution in [0.5, 0.6) is 0 Å². The fourth-order valence-electron chi connectivity index (χ4n) is 1.86. The normalized spacial score (nSPS) is 13.1. The molecule has 2 atom stereocenters. The molecule has 3 N–H and O–H groups in total. The predicted molar refractivity (Wildman–Crippen MR) is 86.6 cm³/mol. The number of alkyl carbamates (subject to hydrolysis) is 1. The van der Waals surface area contributed by atoms with E-state index in [1.165, 1.54) is 12.1 Å². The molecule has 0 bridgehead atoms. The van der Waals surface area contributed by atoms with Gasteiger partial charge >= 0.3 is 11.1 Å². The van der Waals surface area contributed by atoms with Crippen LogP contribution < -0.4 is 5.32 Å². The van der Waals surface area contributed by atoms with E-state index in [9.17, 15) is 25.1 Å². The Hall–Kier alpha value is -2.49. The Morgan fingerprint density at radius 1 is 1.25 bits per heavy atom. The molecule has 0 saturated carbocycles. The van der Waals surface area contributed by atoms with E-state index in [0.717, 1.165) is 16.9 Å². The Morgan fingerprint density at radius 3 is 2.58 bits per heavy atom. The molecule has 2 unspecified atom stereocenters. The van der Waals surface area contributed by atoms with E-state index in [-0.39, 0.29) is 23.0 Å². The van der Waals surface area contributed by atoms with E-state index in [2.05, 4.69) is 5.32 Å². The van der Waals surface area contributed by atoms with Gasteiger partial charge in [-0.3, -0.25) is 10.1 Å². The maximum Gasteiger partial charge on any atom is 0.407 e. The quantitative estimate of drug-likeness (QED) is 0.517. The Kier molecular flexibility index (Phi) is 6.24. The first-order chi connectivity index (χ1) is 11.5. The molecule has 24 heavy (non-hydrogen) atoms. The summed E-state index contributed by atoms with van der Waals surface area (Å²) in [6.45, 7) is -0.164. The first kappa shape index (κ1) is 17.9. The monoisotopic (exact) mass is 352 g/mol. The van der Waals surface area contributed by atoms with E-state index < -0.39 is 23.2 Å². The van der Waals surface area contributed by atoms with Crippen molar-refractivity contribution >= 4 is 22.4 Å². The highest BCUT2D eigenvalue weighted by molar-refractivity contribution is 7.15. The van der Waals surface area contributed by atoms with Crippen molar-refractivity contribution < 1.29 is 24.7 Å². The summed E-state index contributed by atoms with van der Waals surface area (Å²) in [5, 5.41) is 32.6. The van der Waals surface area contributed by atoms with Crippen LogP contribution in [0.1, 0.15) is 16.5 Å². The molecule has 128 valence electrons. The summed E-state index contributed by atoms with van der Waals surface area (Å²) in [7, 11) is 0. The fraction of sp³-hybridized carbons (Fsp3) is 0.267. The Labute approximate surface area is 141 Å². The van der Waals surface area contributed by atoms with Crippen molar-refractivity contribution in [3.63, 3.8) is 0 Å². The number of rotatable bonds is 7. The molecule has 0 saturated heterocycles. The molecular weight excluding hydrogens is 336 g/mol. The van der Waals surface area contributed by atoms with E-state index in [4.69, 9.17) is 4.74 Å². The van der Waals surface area contributed by atoms with Gasteiger partial charge in [-0.1, -0.05) is 41.7 Å². The van der Waals surface area contributed by atoms with Crippen LogP contribution in [0.3, 0.4) is 0 Å². The number of nitro groups is 1. The molecule has 9 heteroatoms. The van der Waals surface area contributed by atoms with Crippen LogP contribution in [0.4, 0.5) is 9.80 Å². The number of amides is 1. The third-order valence-corrected chi connectivity index (χ3v) is 4.22. The van der Waals surface area contributed by atoms with Crippen molar-refractivity contribution in [1.29, 1.82) is 0 Å². The zero-order valence-electron chi connectivity index (χ0n) is 12.5. The third-order valence-electron chi connectivity index (χ3n) is 3.12. The van der Waals surface area contributed by atoms with Gasteiger partial charge in [-0.05, 0) is 11.6 Å². The summed E-state index contributed by atoms with van der Waals surface area (Å²) in [6, 6.07) is 11.7. The Balaban J connectivity index is 1.77. The number of aliphatic hydroxyl groups is 2. The smallest absolute Gasteiger partial charge is 0.407 e. The molecule has 0 aliphatic carbocycles. The van der Waals surface area contributed by atoms with Crippen LogP contribution in [0.25, 0.3) is 0 Å². The molecular formula is C15H16N2O6S. The van der Waals surface area contributed by atoms with Crippen LogP contribution in [0.2, 0.25) is 0 Å². The number of benzene rings is 1. The first-order valence-electron chi connectivity index (χ1n) is 7.02. The maximum absolute atomic E-state index is 11.6. The third kappa shape index (κ3) is 5.01. The number of carbonyl (C=O) groups is 1. The zero-order chi connectivity index (χ0) is 17.5. The van der Waals surface area contributed by atoms with Gasteiger partial charge in [0.1, 0.15) is 18.8 Å². The lowest BCUT2D eigenvalue weighted by Gasteiger charge is -2.16. The second-order valence-corrected chi connectivity index (χ2v) is 5.98. The van der Waals surface area contributed by atoms with Crippen LogP contribution in [0, 0.1) is 10.1 Å². The minimum atomic E-state index is -1.34. The summed E-state index contributed by atoms with van der Waals surface area (Å²) < 4.78 is 4.97. The molecule has 0 radical (unpaired) electrons. The van der Waals surface area contributed by atoms with Crippen molar-refractivity contribution in [3.05, 3.63) is 63.0 Å². The number of ether oxygens (including phenoxy) is 1. The minimum absolute atomic E-state index is 0.0858. The van der Waals surface area contributed by atoms with Gasteiger partial charge in [0.05, 0.1) is 4.92 Å². The number of nitrogens with one attached hydrogen (secondary N) is 1. The second kappa shape index (κ2) is 8.39. The van der Waals surface area contributed by atoms with E-state index >= 15 is 0 Å². The van der Waals surface area contributed by atoms with Crippen LogP contribution >= 0.6 is 11.3 Å². The highest BCUT2D eigenvalue weighted by Gasteiger charge is 2.23. The minimum Gasteiger partial charge on any atom is -0.445 e. The molecule has 0 aliphatic rings. The predicted octanol–water partition coefficient (Wildman–Crippen LogP) is 1.98. The first-order valence-corrected chi connectivity index (χ1v) is 7.84. The Morgan fingerprint density at radius 2 is 1.96 bits per heavy atom. The summed E-state index contributed by atoms with van der Waals surface area (Å²) in [4.78, 5) is 21.8. The van der Waals surface area contributed by atoms with Crippen LogP contribution in [0.15, 0.2) is 42.5 Å². The Bertz CT molecular complexity index is 690. The lowest BCUT2D eigenvalue weighted by atomic mass is 10.2. The summed E-state index contributed by atoms with van der Waals surface area (Å²) in [6.07, 6.45) is -3.38. The van der Waals surface area contributed by atoms with Gasteiger partial charge in [0.2, 0.25) is 0 Å². The van der Waals surface area contributed by atoms with Gasteiger partial charge in [0.15, 0.2) is 0 Å². The van der Waals surface area contributed by atoms with Crippen molar-refractivity contribution in [2.45, 2.75) is 18.8 Å². The topological polar surface area (TPSA) is 122 Å². The van der Waals surface area contributed by atoms with Gasteiger partial charge in [0, 0.05) is 17.5 Å². The number of thiophene rings is 1. The SMILES string of the molecule is O=C(NCC(O)C(O)c1ccc([N+](=O)[O-])s1)OCc1ccccc1. The average molecular weight is 352 g/mol. The zero-order valence-corrected chi connectivity index (χ0v) is 13.3. The molecule has 2 rings (SSSR count). The van der Waals surface area contributed by atoms with E-state index in [1.54, 1.807) is 12.1 Å². The fourth-order valence-corrected chi connectivity index (χ4v) is 2.73. The molecule has 0 fully saturated rings. The number of hydrogen-bond acceptors (Lipinski definition) is 7. The van der Waals surface area contributed by atoms with Crippen molar-refractivity contribution in [2.24, 2.45) is 0 Å². The van der Waals surface area contributed by atoms with Gasteiger partial charge in [-0.15, -0.1) is 0 Å². The highest BCUT2D eigenvalue weighted by Crippen LogP contribution is 2.30. The highest BCUT2D eigenvalue weighted by atomic mass is 32.1. The van der Waals surface area contributed by atoms with E-state index in [1.807, 2.05) is 18.2 Å². The largest absolute Gasteiger partial charge is 0.445 e. The van der Waals surface area contributed by atoms with E-state index in [0.29, 0.717) is 0 Å². The molecule has 1 aromatic heterocycles. The summed E-state index contributed by atoms with van der Waals surface area (Å²) in [5.41, 5.74) is 0.819. The standard InChI is InChI=1S/C15H16N2O6S/c18-11(14(19)12-6-7-13(24-12)17(21)22)8-16-15(20)23-9-10-4-2-1-3-5-10/h1-7,11,14,18-19H,8-9H2,(H,16,20). The van der Waals surface area contributed by atoms with Crippen molar-refractivity contribution in [2.75, 3.05) is 6.54 Å². The van der Waals surface area contributed by atoms with Gasteiger partial charge in [0.25, 0.3) is 0 Å². The number of carbonyl (C=O) groups excluding carboxylic acids is 1.